The number of ether oxygens (including phenoxy) is 1. The Bertz CT molecular complexity index is 444. The standard InChI is InChI=1S/C15H22N2O2/c1-11(2)17-15(18)7-9-19-13-6-5-12-4-3-8-16-14(12)10-13/h5-6,10-11,16H,3-4,7-9H2,1-2H3,(H,17,18). The van der Waals surface area contributed by atoms with Crippen LogP contribution in [0.4, 0.5) is 5.69 Å². The molecule has 0 radical (unpaired) electrons. The number of carbonyl (C=O) groups is 1. The molecule has 4 nitrogen and oxygen atoms in total. The third kappa shape index (κ3) is 4.16. The minimum Gasteiger partial charge on any atom is -0.493 e. The van der Waals surface area contributed by atoms with Crippen molar-refractivity contribution >= 4 is 11.6 Å². The summed E-state index contributed by atoms with van der Waals surface area (Å²) in [6.07, 6.45) is 2.70. The molecule has 1 aliphatic rings. The maximum Gasteiger partial charge on any atom is 0.223 e. The van der Waals surface area contributed by atoms with Crippen molar-refractivity contribution in [3.8, 4) is 5.75 Å². The molecule has 104 valence electrons. The van der Waals surface area contributed by atoms with E-state index in [1.165, 1.54) is 12.0 Å². The third-order valence-corrected chi connectivity index (χ3v) is 3.07. The van der Waals surface area contributed by atoms with E-state index in [0.29, 0.717) is 13.0 Å². The monoisotopic (exact) mass is 262 g/mol. The van der Waals surface area contributed by atoms with Gasteiger partial charge in [-0.2, -0.15) is 0 Å². The highest BCUT2D eigenvalue weighted by Crippen LogP contribution is 2.26. The van der Waals surface area contributed by atoms with Gasteiger partial charge in [0, 0.05) is 24.3 Å². The van der Waals surface area contributed by atoms with Crippen LogP contribution in [-0.2, 0) is 11.2 Å². The number of aryl methyl sites for hydroxylation is 1. The number of benzene rings is 1. The van der Waals surface area contributed by atoms with E-state index in [4.69, 9.17) is 4.74 Å². The molecule has 1 aliphatic heterocycles. The molecule has 1 heterocycles. The Morgan fingerprint density at radius 3 is 3.11 bits per heavy atom. The average molecular weight is 262 g/mol. The summed E-state index contributed by atoms with van der Waals surface area (Å²) in [5, 5.41) is 6.22. The van der Waals surface area contributed by atoms with Gasteiger partial charge in [-0.25, -0.2) is 0 Å². The van der Waals surface area contributed by atoms with Gasteiger partial charge in [0.2, 0.25) is 5.91 Å². The van der Waals surface area contributed by atoms with E-state index < -0.39 is 0 Å². The minimum absolute atomic E-state index is 0.0334. The number of rotatable bonds is 5. The van der Waals surface area contributed by atoms with Gasteiger partial charge in [0.1, 0.15) is 5.75 Å². The molecular formula is C15H22N2O2. The van der Waals surface area contributed by atoms with Crippen LogP contribution in [0.2, 0.25) is 0 Å². The fourth-order valence-corrected chi connectivity index (χ4v) is 2.19. The van der Waals surface area contributed by atoms with E-state index in [1.807, 2.05) is 26.0 Å². The zero-order chi connectivity index (χ0) is 13.7. The molecule has 0 saturated heterocycles. The van der Waals surface area contributed by atoms with Crippen LogP contribution in [0.5, 0.6) is 5.75 Å². The van der Waals surface area contributed by atoms with Gasteiger partial charge in [-0.15, -0.1) is 0 Å². The van der Waals surface area contributed by atoms with Crippen molar-refractivity contribution in [1.29, 1.82) is 0 Å². The zero-order valence-corrected chi connectivity index (χ0v) is 11.7. The summed E-state index contributed by atoms with van der Waals surface area (Å²) in [5.74, 6) is 0.858. The van der Waals surface area contributed by atoms with Crippen LogP contribution in [0.3, 0.4) is 0 Å². The quantitative estimate of drug-likeness (QED) is 0.856. The smallest absolute Gasteiger partial charge is 0.223 e. The predicted octanol–water partition coefficient (Wildman–Crippen LogP) is 2.34. The Hall–Kier alpha value is -1.71. The number of carbonyl (C=O) groups excluding carboxylic acids is 1. The summed E-state index contributed by atoms with van der Waals surface area (Å²) in [6, 6.07) is 6.28. The van der Waals surface area contributed by atoms with Crippen molar-refractivity contribution in [3.63, 3.8) is 0 Å². The number of nitrogens with one attached hydrogen (secondary N) is 2. The third-order valence-electron chi connectivity index (χ3n) is 3.07. The fraction of sp³-hybridized carbons (Fsp3) is 0.533. The van der Waals surface area contributed by atoms with Crippen LogP contribution in [0.15, 0.2) is 18.2 Å². The molecule has 19 heavy (non-hydrogen) atoms. The molecule has 0 aromatic heterocycles. The number of fused-ring (bicyclic) bond motifs is 1. The van der Waals surface area contributed by atoms with Crippen molar-refractivity contribution in [2.24, 2.45) is 0 Å². The second-order valence-electron chi connectivity index (χ2n) is 5.17. The highest BCUT2D eigenvalue weighted by Gasteiger charge is 2.09. The van der Waals surface area contributed by atoms with Gasteiger partial charge in [-0.1, -0.05) is 6.07 Å². The zero-order valence-electron chi connectivity index (χ0n) is 11.7. The van der Waals surface area contributed by atoms with Gasteiger partial charge in [-0.05, 0) is 38.3 Å². The number of hydrogen-bond donors (Lipinski definition) is 2. The molecule has 1 aromatic carbocycles. The Morgan fingerprint density at radius 1 is 1.47 bits per heavy atom. The molecule has 2 N–H and O–H groups in total. The van der Waals surface area contributed by atoms with Gasteiger partial charge in [0.25, 0.3) is 0 Å². The SMILES string of the molecule is CC(C)NC(=O)CCOc1ccc2c(c1)NCCC2. The summed E-state index contributed by atoms with van der Waals surface area (Å²) in [7, 11) is 0. The van der Waals surface area contributed by atoms with Crippen LogP contribution < -0.4 is 15.4 Å². The second-order valence-corrected chi connectivity index (χ2v) is 5.17. The first-order valence-corrected chi connectivity index (χ1v) is 6.94. The van der Waals surface area contributed by atoms with Crippen molar-refractivity contribution in [1.82, 2.24) is 5.32 Å². The van der Waals surface area contributed by atoms with E-state index >= 15 is 0 Å². The van der Waals surface area contributed by atoms with Crippen LogP contribution in [-0.4, -0.2) is 25.1 Å². The lowest BCUT2D eigenvalue weighted by Gasteiger charge is -2.18. The Morgan fingerprint density at radius 2 is 2.32 bits per heavy atom. The van der Waals surface area contributed by atoms with Crippen molar-refractivity contribution in [3.05, 3.63) is 23.8 Å². The Kier molecular flexibility index (Phi) is 4.66. The number of hydrogen-bond acceptors (Lipinski definition) is 3. The van der Waals surface area contributed by atoms with Gasteiger partial charge >= 0.3 is 0 Å². The molecule has 0 atom stereocenters. The number of amides is 1. The molecule has 0 aliphatic carbocycles. The molecule has 0 saturated carbocycles. The molecule has 1 aromatic rings. The van der Waals surface area contributed by atoms with E-state index in [0.717, 1.165) is 24.4 Å². The van der Waals surface area contributed by atoms with E-state index in [-0.39, 0.29) is 11.9 Å². The highest BCUT2D eigenvalue weighted by molar-refractivity contribution is 5.76. The summed E-state index contributed by atoms with van der Waals surface area (Å²) in [6.45, 7) is 5.34. The maximum atomic E-state index is 11.5. The van der Waals surface area contributed by atoms with Crippen LogP contribution in [0, 0.1) is 0 Å². The molecule has 0 bridgehead atoms. The van der Waals surface area contributed by atoms with Crippen LogP contribution >= 0.6 is 0 Å². The van der Waals surface area contributed by atoms with E-state index in [1.54, 1.807) is 0 Å². The highest BCUT2D eigenvalue weighted by atomic mass is 16.5. The van der Waals surface area contributed by atoms with E-state index in [2.05, 4.69) is 16.7 Å². The molecule has 0 unspecified atom stereocenters. The Labute approximate surface area is 114 Å². The van der Waals surface area contributed by atoms with Crippen molar-refractivity contribution in [2.45, 2.75) is 39.2 Å². The van der Waals surface area contributed by atoms with Crippen LogP contribution in [0.25, 0.3) is 0 Å². The molecule has 1 amide bonds. The molecule has 4 heteroatoms. The lowest BCUT2D eigenvalue weighted by atomic mass is 10.0. The van der Waals surface area contributed by atoms with Crippen molar-refractivity contribution < 1.29 is 9.53 Å². The first-order valence-electron chi connectivity index (χ1n) is 6.94. The predicted molar refractivity (Wildman–Crippen MR) is 76.6 cm³/mol. The first-order chi connectivity index (χ1) is 9.15. The summed E-state index contributed by atoms with van der Waals surface area (Å²) >= 11 is 0. The van der Waals surface area contributed by atoms with Crippen molar-refractivity contribution in [2.75, 3.05) is 18.5 Å². The van der Waals surface area contributed by atoms with Gasteiger partial charge < -0.3 is 15.4 Å². The van der Waals surface area contributed by atoms with Gasteiger partial charge in [0.15, 0.2) is 0 Å². The minimum atomic E-state index is 0.0334. The first kappa shape index (κ1) is 13.7. The molecule has 2 rings (SSSR count). The van der Waals surface area contributed by atoms with Crippen LogP contribution in [0.1, 0.15) is 32.3 Å². The van der Waals surface area contributed by atoms with E-state index in [9.17, 15) is 4.79 Å². The van der Waals surface area contributed by atoms with Gasteiger partial charge in [0.05, 0.1) is 13.0 Å². The molecular weight excluding hydrogens is 240 g/mol. The largest absolute Gasteiger partial charge is 0.493 e. The average Bonchev–Trinajstić information content (AvgIpc) is 2.37. The number of anilines is 1. The summed E-state index contributed by atoms with van der Waals surface area (Å²) < 4.78 is 5.62. The fourth-order valence-electron chi connectivity index (χ4n) is 2.19. The maximum absolute atomic E-state index is 11.5. The molecule has 0 spiro atoms. The molecule has 0 fully saturated rings. The topological polar surface area (TPSA) is 50.4 Å². The second kappa shape index (κ2) is 6.45. The summed E-state index contributed by atoms with van der Waals surface area (Å²) in [5.41, 5.74) is 2.51. The lowest BCUT2D eigenvalue weighted by Crippen LogP contribution is -2.31. The summed E-state index contributed by atoms with van der Waals surface area (Å²) in [4.78, 5) is 11.5. The Balaban J connectivity index is 1.81. The normalized spacial score (nSPS) is 13.6. The lowest BCUT2D eigenvalue weighted by molar-refractivity contribution is -0.122. The van der Waals surface area contributed by atoms with Gasteiger partial charge in [-0.3, -0.25) is 4.79 Å².